The van der Waals surface area contributed by atoms with Gasteiger partial charge in [0.1, 0.15) is 23.1 Å². The molecule has 1 unspecified atom stereocenters. The Hall–Kier alpha value is -5.50. The highest BCUT2D eigenvalue weighted by atomic mass is 16.6. The number of hydrazine groups is 1. The lowest BCUT2D eigenvalue weighted by atomic mass is 10.1. The third-order valence-electron chi connectivity index (χ3n) is 7.38. The normalized spacial score (nSPS) is 11.4. The maximum absolute atomic E-state index is 13.2. The highest BCUT2D eigenvalue weighted by Gasteiger charge is 2.21. The fourth-order valence-corrected chi connectivity index (χ4v) is 4.96. The molecule has 0 saturated carbocycles. The number of nitrogens with one attached hydrogen (secondary N) is 5. The van der Waals surface area contributed by atoms with E-state index in [4.69, 9.17) is 23.7 Å². The lowest BCUT2D eigenvalue weighted by Crippen LogP contribution is -2.51. The van der Waals surface area contributed by atoms with Gasteiger partial charge in [0, 0.05) is 26.1 Å². The molecule has 52 heavy (non-hydrogen) atoms. The van der Waals surface area contributed by atoms with Gasteiger partial charge in [0.2, 0.25) is 17.6 Å². The van der Waals surface area contributed by atoms with Gasteiger partial charge < -0.3 is 39.6 Å². The van der Waals surface area contributed by atoms with Crippen LogP contribution in [0.25, 0.3) is 0 Å². The van der Waals surface area contributed by atoms with Crippen molar-refractivity contribution in [3.8, 4) is 28.7 Å². The molecule has 282 valence electrons. The Morgan fingerprint density at radius 2 is 1.42 bits per heavy atom. The Kier molecular flexibility index (Phi) is 16.5. The number of alkyl carbamates (subject to hydrolysis) is 1. The van der Waals surface area contributed by atoms with Gasteiger partial charge in [0.15, 0.2) is 11.5 Å². The van der Waals surface area contributed by atoms with E-state index in [0.717, 1.165) is 5.56 Å². The average molecular weight is 722 g/mol. The molecular formula is C38H51N5O9. The van der Waals surface area contributed by atoms with Crippen LogP contribution in [0.5, 0.6) is 28.7 Å². The van der Waals surface area contributed by atoms with Crippen molar-refractivity contribution in [2.75, 3.05) is 34.4 Å². The van der Waals surface area contributed by atoms with E-state index in [9.17, 15) is 19.2 Å². The molecule has 0 aliphatic rings. The zero-order valence-electron chi connectivity index (χ0n) is 30.8. The molecule has 0 aromatic heterocycles. The number of amides is 4. The van der Waals surface area contributed by atoms with Crippen LogP contribution < -0.4 is 45.7 Å². The van der Waals surface area contributed by atoms with Gasteiger partial charge >= 0.3 is 6.09 Å². The molecule has 1 atom stereocenters. The number of carbonyl (C=O) groups is 4. The Labute approximate surface area is 305 Å². The van der Waals surface area contributed by atoms with Crippen LogP contribution in [0.3, 0.4) is 0 Å². The van der Waals surface area contributed by atoms with E-state index in [0.29, 0.717) is 60.1 Å². The summed E-state index contributed by atoms with van der Waals surface area (Å²) >= 11 is 0. The molecule has 0 heterocycles. The molecule has 0 spiro atoms. The van der Waals surface area contributed by atoms with Crippen molar-refractivity contribution in [1.82, 2.24) is 26.8 Å². The van der Waals surface area contributed by atoms with E-state index in [1.54, 1.807) is 51.1 Å². The minimum Gasteiger partial charge on any atom is -0.493 e. The van der Waals surface area contributed by atoms with Gasteiger partial charge in [-0.3, -0.25) is 19.8 Å². The first-order valence-electron chi connectivity index (χ1n) is 17.1. The Bertz CT molecular complexity index is 1590. The third-order valence-corrected chi connectivity index (χ3v) is 7.38. The number of hydrogen-bond acceptors (Lipinski definition) is 10. The second-order valence-corrected chi connectivity index (χ2v) is 12.8. The lowest BCUT2D eigenvalue weighted by Gasteiger charge is -2.20. The molecule has 3 rings (SSSR count). The summed E-state index contributed by atoms with van der Waals surface area (Å²) in [7, 11) is 4.54. The van der Waals surface area contributed by atoms with Crippen LogP contribution in [0.1, 0.15) is 57.6 Å². The number of rotatable bonds is 20. The lowest BCUT2D eigenvalue weighted by molar-refractivity contribution is -0.129. The van der Waals surface area contributed by atoms with Crippen molar-refractivity contribution < 1.29 is 42.9 Å². The van der Waals surface area contributed by atoms with Gasteiger partial charge in [-0.1, -0.05) is 30.3 Å². The highest BCUT2D eigenvalue weighted by molar-refractivity contribution is 5.88. The smallest absolute Gasteiger partial charge is 0.407 e. The van der Waals surface area contributed by atoms with Crippen molar-refractivity contribution >= 4 is 23.8 Å². The van der Waals surface area contributed by atoms with E-state index < -0.39 is 23.6 Å². The monoisotopic (exact) mass is 721 g/mol. The maximum Gasteiger partial charge on any atom is 0.407 e. The summed E-state index contributed by atoms with van der Waals surface area (Å²) in [5.74, 6) is 1.59. The molecule has 0 bridgehead atoms. The van der Waals surface area contributed by atoms with Gasteiger partial charge in [-0.25, -0.2) is 10.2 Å². The number of methoxy groups -OCH3 is 3. The SMILES string of the molecule is COc1cc(CNC(=O)CCNNC(=O)C(CCCCNC(=O)OC(C)(C)C)NC(=O)Cc2cccc(Oc3ccccc3)c2)cc(OC)c1OC. The molecule has 0 aliphatic carbocycles. The summed E-state index contributed by atoms with van der Waals surface area (Å²) in [6.45, 7) is 6.05. The zero-order chi connectivity index (χ0) is 37.9. The largest absolute Gasteiger partial charge is 0.493 e. The van der Waals surface area contributed by atoms with E-state index in [-0.39, 0.29) is 37.7 Å². The fraction of sp³-hybridized carbons (Fsp3) is 0.421. The second kappa shape index (κ2) is 21.0. The van der Waals surface area contributed by atoms with Crippen molar-refractivity contribution in [3.05, 3.63) is 77.9 Å². The molecule has 0 saturated heterocycles. The van der Waals surface area contributed by atoms with Crippen LogP contribution in [-0.2, 0) is 32.1 Å². The molecule has 0 fully saturated rings. The fourth-order valence-electron chi connectivity index (χ4n) is 4.96. The van der Waals surface area contributed by atoms with E-state index >= 15 is 0 Å². The predicted octanol–water partition coefficient (Wildman–Crippen LogP) is 4.55. The van der Waals surface area contributed by atoms with Gasteiger partial charge in [0.05, 0.1) is 27.8 Å². The summed E-state index contributed by atoms with van der Waals surface area (Å²) in [6, 6.07) is 19.1. The molecule has 5 N–H and O–H groups in total. The molecule has 0 aliphatic heterocycles. The first kappa shape index (κ1) is 40.9. The van der Waals surface area contributed by atoms with Crippen LogP contribution >= 0.6 is 0 Å². The van der Waals surface area contributed by atoms with E-state index in [1.165, 1.54) is 21.3 Å². The average Bonchev–Trinajstić information content (AvgIpc) is 3.11. The van der Waals surface area contributed by atoms with Gasteiger partial charge in [-0.2, -0.15) is 0 Å². The molecule has 3 aromatic carbocycles. The highest BCUT2D eigenvalue weighted by Crippen LogP contribution is 2.38. The van der Waals surface area contributed by atoms with E-state index in [2.05, 4.69) is 26.8 Å². The van der Waals surface area contributed by atoms with Crippen molar-refractivity contribution in [2.45, 2.75) is 71.1 Å². The summed E-state index contributed by atoms with van der Waals surface area (Å²) in [5.41, 5.74) is 6.23. The first-order valence-corrected chi connectivity index (χ1v) is 17.1. The van der Waals surface area contributed by atoms with Crippen molar-refractivity contribution in [1.29, 1.82) is 0 Å². The van der Waals surface area contributed by atoms with Crippen molar-refractivity contribution in [2.24, 2.45) is 0 Å². The number of unbranched alkanes of at least 4 members (excludes halogenated alkanes) is 1. The van der Waals surface area contributed by atoms with Gasteiger partial charge in [-0.05, 0) is 87.6 Å². The summed E-state index contributed by atoms with van der Waals surface area (Å²) in [6.07, 6.45) is 0.955. The zero-order valence-corrected chi connectivity index (χ0v) is 30.8. The van der Waals surface area contributed by atoms with Crippen molar-refractivity contribution in [3.63, 3.8) is 0 Å². The van der Waals surface area contributed by atoms with Gasteiger partial charge in [-0.15, -0.1) is 0 Å². The Morgan fingerprint density at radius 3 is 2.08 bits per heavy atom. The number of benzene rings is 3. The van der Waals surface area contributed by atoms with Crippen LogP contribution in [0.4, 0.5) is 4.79 Å². The minimum atomic E-state index is -0.876. The van der Waals surface area contributed by atoms with Gasteiger partial charge in [0.25, 0.3) is 5.91 Å². The summed E-state index contributed by atoms with van der Waals surface area (Å²) < 4.78 is 27.2. The third kappa shape index (κ3) is 14.8. The second-order valence-electron chi connectivity index (χ2n) is 12.8. The molecule has 4 amide bonds. The van der Waals surface area contributed by atoms with E-state index in [1.807, 2.05) is 36.4 Å². The quantitative estimate of drug-likeness (QED) is 0.0823. The van der Waals surface area contributed by atoms with Crippen LogP contribution in [-0.4, -0.2) is 69.9 Å². The number of carbonyl (C=O) groups excluding carboxylic acids is 4. The molecule has 14 heteroatoms. The predicted molar refractivity (Wildman–Crippen MR) is 195 cm³/mol. The Morgan fingerprint density at radius 1 is 0.731 bits per heavy atom. The summed E-state index contributed by atoms with van der Waals surface area (Å²) in [5, 5.41) is 8.35. The summed E-state index contributed by atoms with van der Waals surface area (Å²) in [4.78, 5) is 50.9. The molecule has 0 radical (unpaired) electrons. The number of para-hydroxylation sites is 1. The number of ether oxygens (including phenoxy) is 5. The first-order chi connectivity index (χ1) is 24.9. The molecular weight excluding hydrogens is 670 g/mol. The standard InChI is InChI=1S/C38H51N5O9/c1-38(2,3)52-37(47)39-19-11-10-17-30(42-34(45)24-26-13-12-16-29(21-26)51-28-14-8-7-9-15-28)36(46)43-41-20-18-33(44)40-25-27-22-31(48-4)35(50-6)32(23-27)49-5/h7-9,12-16,21-23,30,41H,10-11,17-20,24-25H2,1-6H3,(H,39,47)(H,40,44)(H,42,45)(H,43,46). The van der Waals surface area contributed by atoms with Crippen LogP contribution in [0.15, 0.2) is 66.7 Å². The molecule has 14 nitrogen and oxygen atoms in total. The maximum atomic E-state index is 13.2. The van der Waals surface area contributed by atoms with Crippen LogP contribution in [0, 0.1) is 0 Å². The number of hydrogen-bond donors (Lipinski definition) is 5. The Balaban J connectivity index is 1.52. The topological polar surface area (TPSA) is 175 Å². The van der Waals surface area contributed by atoms with Crippen LogP contribution in [0.2, 0.25) is 0 Å². The minimum absolute atomic E-state index is 0.0233. The molecule has 3 aromatic rings.